The second kappa shape index (κ2) is 6.65. The predicted molar refractivity (Wildman–Crippen MR) is 101 cm³/mol. The lowest BCUT2D eigenvalue weighted by Crippen LogP contribution is -2.51. The van der Waals surface area contributed by atoms with Crippen LogP contribution in [-0.4, -0.2) is 26.1 Å². The van der Waals surface area contributed by atoms with Crippen LogP contribution in [-0.2, 0) is 4.43 Å². The molecule has 1 fully saturated rings. The van der Waals surface area contributed by atoms with Gasteiger partial charge in [0.25, 0.3) is 0 Å². The van der Waals surface area contributed by atoms with E-state index in [-0.39, 0.29) is 23.0 Å². The van der Waals surface area contributed by atoms with Gasteiger partial charge in [0.05, 0.1) is 0 Å². The van der Waals surface area contributed by atoms with Gasteiger partial charge < -0.3 is 9.53 Å². The van der Waals surface area contributed by atoms with Crippen molar-refractivity contribution in [2.24, 2.45) is 17.3 Å². The Bertz CT molecular complexity index is 449. The summed E-state index contributed by atoms with van der Waals surface area (Å²) in [6.45, 7) is 16.7. The van der Waals surface area contributed by atoms with Crippen molar-refractivity contribution in [1.82, 2.24) is 0 Å². The Morgan fingerprint density at radius 3 is 2.57 bits per heavy atom. The summed E-state index contributed by atoms with van der Waals surface area (Å²) in [4.78, 5) is 0. The van der Waals surface area contributed by atoms with E-state index < -0.39 is 8.32 Å². The molecule has 0 unspecified atom stereocenters. The van der Waals surface area contributed by atoms with Crippen molar-refractivity contribution in [3.63, 3.8) is 0 Å². The van der Waals surface area contributed by atoms with E-state index in [0.29, 0.717) is 12.0 Å². The van der Waals surface area contributed by atoms with E-state index in [0.717, 1.165) is 6.42 Å². The van der Waals surface area contributed by atoms with E-state index in [2.05, 4.69) is 53.8 Å². The molecule has 0 aromatic heterocycles. The molecule has 2 nitrogen and oxygen atoms in total. The lowest BCUT2D eigenvalue weighted by atomic mass is 9.56. The topological polar surface area (TPSA) is 29.5 Å². The van der Waals surface area contributed by atoms with E-state index in [9.17, 15) is 5.11 Å². The standard InChI is InChI=1S/C20H38O2Si/c1-15(14-21)16-10-8-11-17-18(12-9-13-20(16,17)5)22-23(6,7)19(2,3)4/h10,15,17-18,21H,8-9,11-14H2,1-7H3/t15-,17+,18+,20+/m1/s1. The number of aliphatic hydroxyl groups is 1. The first-order chi connectivity index (χ1) is 10.5. The molecule has 1 N–H and O–H groups in total. The third kappa shape index (κ3) is 3.62. The van der Waals surface area contributed by atoms with Crippen LogP contribution in [0.15, 0.2) is 11.6 Å². The van der Waals surface area contributed by atoms with E-state index in [1.54, 1.807) is 0 Å². The highest BCUT2D eigenvalue weighted by atomic mass is 28.4. The SMILES string of the molecule is C[C@H](CO)C1=CCC[C@H]2[C@@H](O[Si](C)(C)C(C)(C)C)CCC[C@@]12C. The molecule has 0 aromatic carbocycles. The largest absolute Gasteiger partial charge is 0.414 e. The number of rotatable bonds is 4. The van der Waals surface area contributed by atoms with Crippen LogP contribution in [0.2, 0.25) is 18.1 Å². The van der Waals surface area contributed by atoms with Gasteiger partial charge in [-0.15, -0.1) is 0 Å². The monoisotopic (exact) mass is 338 g/mol. The lowest BCUT2D eigenvalue weighted by Gasteiger charge is -2.53. The number of fused-ring (bicyclic) bond motifs is 1. The van der Waals surface area contributed by atoms with Crippen LogP contribution >= 0.6 is 0 Å². The molecule has 2 rings (SSSR count). The zero-order valence-corrected chi connectivity index (χ0v) is 17.4. The summed E-state index contributed by atoms with van der Waals surface area (Å²) in [7, 11) is -1.73. The van der Waals surface area contributed by atoms with Gasteiger partial charge in [0.2, 0.25) is 0 Å². The Morgan fingerprint density at radius 1 is 1.35 bits per heavy atom. The van der Waals surface area contributed by atoms with E-state index in [1.807, 2.05) is 0 Å². The van der Waals surface area contributed by atoms with Crippen LogP contribution in [0.5, 0.6) is 0 Å². The highest BCUT2D eigenvalue weighted by molar-refractivity contribution is 6.74. The normalized spacial score (nSPS) is 33.8. The molecule has 0 amide bonds. The lowest BCUT2D eigenvalue weighted by molar-refractivity contribution is -0.00699. The highest BCUT2D eigenvalue weighted by Gasteiger charge is 2.49. The molecule has 0 heterocycles. The van der Waals surface area contributed by atoms with Crippen molar-refractivity contribution in [2.75, 3.05) is 6.61 Å². The van der Waals surface area contributed by atoms with Crippen LogP contribution in [0.4, 0.5) is 0 Å². The highest BCUT2D eigenvalue weighted by Crippen LogP contribution is 2.55. The summed E-state index contributed by atoms with van der Waals surface area (Å²) in [5.41, 5.74) is 1.73. The maximum absolute atomic E-state index is 9.69. The molecule has 3 heteroatoms. The summed E-state index contributed by atoms with van der Waals surface area (Å²) < 4.78 is 6.89. The molecular weight excluding hydrogens is 300 g/mol. The molecule has 4 atom stereocenters. The quantitative estimate of drug-likeness (QED) is 0.539. The zero-order chi connectivity index (χ0) is 17.5. The van der Waals surface area contributed by atoms with Gasteiger partial charge >= 0.3 is 0 Å². The van der Waals surface area contributed by atoms with Gasteiger partial charge in [-0.3, -0.25) is 0 Å². The molecule has 0 spiro atoms. The van der Waals surface area contributed by atoms with Gasteiger partial charge in [0.1, 0.15) is 0 Å². The van der Waals surface area contributed by atoms with E-state index in [1.165, 1.54) is 31.3 Å². The van der Waals surface area contributed by atoms with Crippen molar-refractivity contribution in [3.8, 4) is 0 Å². The van der Waals surface area contributed by atoms with E-state index in [4.69, 9.17) is 4.43 Å². The van der Waals surface area contributed by atoms with Crippen LogP contribution in [0.25, 0.3) is 0 Å². The van der Waals surface area contributed by atoms with Crippen molar-refractivity contribution in [1.29, 1.82) is 0 Å². The molecule has 134 valence electrons. The third-order valence-corrected chi connectivity index (χ3v) is 11.5. The van der Waals surface area contributed by atoms with Crippen molar-refractivity contribution < 1.29 is 9.53 Å². The molecule has 0 bridgehead atoms. The maximum atomic E-state index is 9.69. The fraction of sp³-hybridized carbons (Fsp3) is 0.900. The molecule has 1 saturated carbocycles. The number of aliphatic hydroxyl groups excluding tert-OH is 1. The Kier molecular flexibility index (Phi) is 5.55. The number of hydrogen-bond acceptors (Lipinski definition) is 2. The molecule has 2 aliphatic rings. The average Bonchev–Trinajstić information content (AvgIpc) is 2.44. The fourth-order valence-corrected chi connectivity index (χ4v) is 5.93. The molecule has 0 aliphatic heterocycles. The Hall–Kier alpha value is -0.123. The first-order valence-corrected chi connectivity index (χ1v) is 12.4. The van der Waals surface area contributed by atoms with E-state index >= 15 is 0 Å². The van der Waals surface area contributed by atoms with Gasteiger partial charge in [0, 0.05) is 18.6 Å². The molecule has 2 aliphatic carbocycles. The minimum atomic E-state index is -1.73. The van der Waals surface area contributed by atoms with Crippen molar-refractivity contribution in [2.45, 2.75) is 91.0 Å². The van der Waals surface area contributed by atoms with Gasteiger partial charge in [0.15, 0.2) is 8.32 Å². The van der Waals surface area contributed by atoms with Crippen LogP contribution in [0.3, 0.4) is 0 Å². The summed E-state index contributed by atoms with van der Waals surface area (Å²) in [6, 6.07) is 0. The second-order valence-electron chi connectivity index (χ2n) is 9.65. The van der Waals surface area contributed by atoms with Gasteiger partial charge in [-0.05, 0) is 55.1 Å². The summed E-state index contributed by atoms with van der Waals surface area (Å²) >= 11 is 0. The molecule has 0 radical (unpaired) electrons. The summed E-state index contributed by atoms with van der Waals surface area (Å²) in [6.07, 6.45) is 8.95. The predicted octanol–water partition coefficient (Wildman–Crippen LogP) is 5.53. The Balaban J connectivity index is 2.25. The van der Waals surface area contributed by atoms with Gasteiger partial charge in [-0.2, -0.15) is 0 Å². The Labute approximate surface area is 144 Å². The second-order valence-corrected chi connectivity index (χ2v) is 14.4. The van der Waals surface area contributed by atoms with Crippen molar-refractivity contribution >= 4 is 8.32 Å². The first kappa shape index (κ1) is 19.2. The van der Waals surface area contributed by atoms with Crippen LogP contribution in [0.1, 0.15) is 66.7 Å². The van der Waals surface area contributed by atoms with Gasteiger partial charge in [-0.1, -0.05) is 52.7 Å². The third-order valence-electron chi connectivity index (χ3n) is 7.01. The van der Waals surface area contributed by atoms with Crippen molar-refractivity contribution in [3.05, 3.63) is 11.6 Å². The molecule has 23 heavy (non-hydrogen) atoms. The smallest absolute Gasteiger partial charge is 0.192 e. The van der Waals surface area contributed by atoms with Gasteiger partial charge in [-0.25, -0.2) is 0 Å². The molecular formula is C20H38O2Si. The first-order valence-electron chi connectivity index (χ1n) is 9.52. The molecule has 0 saturated heterocycles. The van der Waals surface area contributed by atoms with Crippen LogP contribution < -0.4 is 0 Å². The fourth-order valence-electron chi connectivity index (χ4n) is 4.54. The average molecular weight is 339 g/mol. The minimum Gasteiger partial charge on any atom is -0.414 e. The summed E-state index contributed by atoms with van der Waals surface area (Å²) in [5.74, 6) is 0.911. The van der Waals surface area contributed by atoms with Crippen LogP contribution in [0, 0.1) is 17.3 Å². The summed E-state index contributed by atoms with van der Waals surface area (Å²) in [5, 5.41) is 9.96. The Morgan fingerprint density at radius 2 is 2.00 bits per heavy atom. The molecule has 0 aromatic rings. The number of allylic oxidation sites excluding steroid dienone is 1. The maximum Gasteiger partial charge on any atom is 0.192 e. The number of hydrogen-bond donors (Lipinski definition) is 1. The minimum absolute atomic E-state index is 0.228. The zero-order valence-electron chi connectivity index (χ0n) is 16.4.